The summed E-state index contributed by atoms with van der Waals surface area (Å²) >= 11 is 0. The predicted octanol–water partition coefficient (Wildman–Crippen LogP) is 1.88. The average molecular weight is 325 g/mol. The first-order chi connectivity index (χ1) is 11.5. The van der Waals surface area contributed by atoms with Gasteiger partial charge in [-0.05, 0) is 43.2 Å². The van der Waals surface area contributed by atoms with Gasteiger partial charge in [0.2, 0.25) is 5.96 Å². The van der Waals surface area contributed by atoms with Crippen LogP contribution < -0.4 is 16.8 Å². The normalized spacial score (nSPS) is 10.8. The van der Waals surface area contributed by atoms with Crippen molar-refractivity contribution >= 4 is 28.7 Å². The van der Waals surface area contributed by atoms with E-state index in [0.29, 0.717) is 5.69 Å². The summed E-state index contributed by atoms with van der Waals surface area (Å²) < 4.78 is 0. The molecule has 1 heterocycles. The van der Waals surface area contributed by atoms with Crippen LogP contribution in [0.15, 0.2) is 47.5 Å². The quantitative estimate of drug-likeness (QED) is 0.401. The topological polar surface area (TPSA) is 135 Å². The fourth-order valence-corrected chi connectivity index (χ4v) is 1.92. The molecule has 0 fully saturated rings. The Hall–Kier alpha value is -3.42. The van der Waals surface area contributed by atoms with Crippen LogP contribution in [0, 0.1) is 13.8 Å². The van der Waals surface area contributed by atoms with Gasteiger partial charge in [-0.2, -0.15) is 15.4 Å². The lowest BCUT2D eigenvalue weighted by Gasteiger charge is -2.02. The number of urea groups is 1. The molecule has 0 aliphatic heterocycles. The number of guanidine groups is 1. The van der Waals surface area contributed by atoms with Crippen LogP contribution in [0.1, 0.15) is 11.1 Å². The minimum atomic E-state index is -0.722. The molecule has 0 spiro atoms. The first kappa shape index (κ1) is 16.9. The summed E-state index contributed by atoms with van der Waals surface area (Å²) in [6, 6.07) is 12.7. The smallest absolute Gasteiger partial charge is 0.318 e. The fourth-order valence-electron chi connectivity index (χ4n) is 1.92. The highest BCUT2D eigenvalue weighted by Crippen LogP contribution is 2.16. The number of nitrogens with one attached hydrogen (secondary N) is 2. The van der Waals surface area contributed by atoms with E-state index in [0.717, 1.165) is 16.6 Å². The van der Waals surface area contributed by atoms with Crippen molar-refractivity contribution in [2.75, 3.05) is 0 Å². The van der Waals surface area contributed by atoms with Crippen molar-refractivity contribution in [3.8, 4) is 0 Å². The van der Waals surface area contributed by atoms with Gasteiger partial charge in [0.05, 0.1) is 5.69 Å². The average Bonchev–Trinajstić information content (AvgIpc) is 2.97. The lowest BCUT2D eigenvalue weighted by Crippen LogP contribution is -2.39. The van der Waals surface area contributed by atoms with Gasteiger partial charge >= 0.3 is 6.03 Å². The maximum atomic E-state index is 10.4. The lowest BCUT2D eigenvalue weighted by atomic mass is 10.2. The minimum Gasteiger partial charge on any atom is -0.369 e. The summed E-state index contributed by atoms with van der Waals surface area (Å²) in [6.45, 7) is 3.94. The second-order valence-corrected chi connectivity index (χ2v) is 5.09. The third-order valence-electron chi connectivity index (χ3n) is 3.08. The van der Waals surface area contributed by atoms with Crippen LogP contribution in [0.2, 0.25) is 0 Å². The van der Waals surface area contributed by atoms with E-state index in [1.54, 1.807) is 6.07 Å². The van der Waals surface area contributed by atoms with Gasteiger partial charge < -0.3 is 11.5 Å². The van der Waals surface area contributed by atoms with Crippen LogP contribution in [0.25, 0.3) is 11.0 Å². The number of amides is 2. The fraction of sp³-hybridized carbons (Fsp3) is 0.125. The number of para-hydroxylation sites is 1. The zero-order valence-corrected chi connectivity index (χ0v) is 13.4. The molecule has 0 radical (unpaired) electrons. The third-order valence-corrected chi connectivity index (χ3v) is 3.08. The summed E-state index contributed by atoms with van der Waals surface area (Å²) in [5.74, 6) is -0.00759. The molecule has 0 aliphatic carbocycles. The zero-order valence-electron chi connectivity index (χ0n) is 13.4. The molecule has 6 N–H and O–H groups in total. The van der Waals surface area contributed by atoms with Crippen LogP contribution >= 0.6 is 0 Å². The van der Waals surface area contributed by atoms with Gasteiger partial charge in [0, 0.05) is 0 Å². The van der Waals surface area contributed by atoms with Crippen molar-refractivity contribution in [1.82, 2.24) is 20.7 Å². The molecule has 1 aromatic heterocycles. The van der Waals surface area contributed by atoms with Crippen molar-refractivity contribution < 1.29 is 4.79 Å². The summed E-state index contributed by atoms with van der Waals surface area (Å²) in [5, 5.41) is 12.6. The molecule has 8 heteroatoms. The van der Waals surface area contributed by atoms with Gasteiger partial charge in [-0.25, -0.2) is 9.79 Å². The zero-order chi connectivity index (χ0) is 17.5. The number of aryl methyl sites for hydroxylation is 2. The van der Waals surface area contributed by atoms with Crippen LogP contribution in [-0.2, 0) is 0 Å². The molecule has 2 amide bonds. The van der Waals surface area contributed by atoms with E-state index in [9.17, 15) is 4.79 Å². The summed E-state index contributed by atoms with van der Waals surface area (Å²) in [5.41, 5.74) is 15.0. The molecule has 3 aromatic rings. The number of aromatic nitrogens is 3. The Morgan fingerprint density at radius 3 is 2.50 bits per heavy atom. The van der Waals surface area contributed by atoms with E-state index in [1.807, 2.05) is 50.2 Å². The number of carbonyl (C=O) groups excluding carboxylic acids is 1. The van der Waals surface area contributed by atoms with E-state index in [1.165, 1.54) is 5.56 Å². The molecule has 8 nitrogen and oxygen atoms in total. The Labute approximate surface area is 139 Å². The van der Waals surface area contributed by atoms with E-state index in [4.69, 9.17) is 11.5 Å². The molecule has 124 valence electrons. The van der Waals surface area contributed by atoms with Crippen molar-refractivity contribution in [3.63, 3.8) is 0 Å². The van der Waals surface area contributed by atoms with Gasteiger partial charge in [0.1, 0.15) is 11.0 Å². The molecule has 0 atom stereocenters. The molecular formula is C16H19N7O. The standard InChI is InChI=1S/C9H12N4O.C7H7N3/c1-6-4-2-3-5-7(6)12-8(10)13-9(11)14;1-5-2-3-6-7(4-5)9-10-8-6/h2-5H,1H3,(H5,10,11,12,13,14);2-4H,1H3,(H,8,9,10). The first-order valence-electron chi connectivity index (χ1n) is 7.19. The number of carbonyl (C=O) groups is 1. The van der Waals surface area contributed by atoms with Gasteiger partial charge in [0.15, 0.2) is 0 Å². The number of benzene rings is 2. The molecule has 0 unspecified atom stereocenters. The van der Waals surface area contributed by atoms with Crippen molar-refractivity contribution in [2.45, 2.75) is 13.8 Å². The Morgan fingerprint density at radius 2 is 1.79 bits per heavy atom. The third kappa shape index (κ3) is 4.80. The van der Waals surface area contributed by atoms with Gasteiger partial charge in [0.25, 0.3) is 0 Å². The summed E-state index contributed by atoms with van der Waals surface area (Å²) in [7, 11) is 0. The highest BCUT2D eigenvalue weighted by molar-refractivity contribution is 5.95. The number of rotatable bonds is 1. The van der Waals surface area contributed by atoms with Crippen molar-refractivity contribution in [1.29, 1.82) is 0 Å². The highest BCUT2D eigenvalue weighted by Gasteiger charge is 1.98. The maximum absolute atomic E-state index is 10.4. The second-order valence-electron chi connectivity index (χ2n) is 5.09. The van der Waals surface area contributed by atoms with Gasteiger partial charge in [-0.3, -0.25) is 5.32 Å². The molecule has 0 bridgehead atoms. The van der Waals surface area contributed by atoms with Crippen LogP contribution in [0.4, 0.5) is 10.5 Å². The number of H-pyrrole nitrogens is 1. The van der Waals surface area contributed by atoms with E-state index < -0.39 is 6.03 Å². The number of hydrogen-bond donors (Lipinski definition) is 4. The molecular weight excluding hydrogens is 306 g/mol. The maximum Gasteiger partial charge on any atom is 0.318 e. The molecule has 3 rings (SSSR count). The van der Waals surface area contributed by atoms with Crippen LogP contribution in [0.3, 0.4) is 0 Å². The number of nitrogens with zero attached hydrogens (tertiary/aromatic N) is 3. The molecule has 2 aromatic carbocycles. The van der Waals surface area contributed by atoms with Crippen molar-refractivity contribution in [2.24, 2.45) is 16.5 Å². The number of aliphatic imine (C=N–C) groups is 1. The molecule has 0 saturated carbocycles. The largest absolute Gasteiger partial charge is 0.369 e. The number of nitrogens with two attached hydrogens (primary N) is 2. The molecule has 24 heavy (non-hydrogen) atoms. The number of primary amides is 1. The van der Waals surface area contributed by atoms with E-state index >= 15 is 0 Å². The van der Waals surface area contributed by atoms with E-state index in [-0.39, 0.29) is 5.96 Å². The van der Waals surface area contributed by atoms with Crippen molar-refractivity contribution in [3.05, 3.63) is 53.6 Å². The Morgan fingerprint density at radius 1 is 1.08 bits per heavy atom. The predicted molar refractivity (Wildman–Crippen MR) is 93.8 cm³/mol. The first-order valence-corrected chi connectivity index (χ1v) is 7.19. The lowest BCUT2D eigenvalue weighted by molar-refractivity contribution is 0.253. The monoisotopic (exact) mass is 325 g/mol. The number of hydrogen-bond acceptors (Lipinski definition) is 4. The second kappa shape index (κ2) is 7.73. The van der Waals surface area contributed by atoms with Crippen LogP contribution in [0.5, 0.6) is 0 Å². The molecule has 0 saturated heterocycles. The number of aromatic amines is 1. The highest BCUT2D eigenvalue weighted by atomic mass is 16.2. The summed E-state index contributed by atoms with van der Waals surface area (Å²) in [4.78, 5) is 14.4. The SMILES string of the molecule is Cc1ccc2n[nH]nc2c1.Cc1ccccc1N=C(N)NC(N)=O. The Balaban J connectivity index is 0.000000182. The number of fused-ring (bicyclic) bond motifs is 1. The Bertz CT molecular complexity index is 869. The molecule has 0 aliphatic rings. The van der Waals surface area contributed by atoms with Crippen LogP contribution in [-0.4, -0.2) is 27.4 Å². The minimum absolute atomic E-state index is 0.00759. The van der Waals surface area contributed by atoms with Gasteiger partial charge in [-0.1, -0.05) is 24.3 Å². The van der Waals surface area contributed by atoms with Gasteiger partial charge in [-0.15, -0.1) is 0 Å². The summed E-state index contributed by atoms with van der Waals surface area (Å²) in [6.07, 6.45) is 0. The van der Waals surface area contributed by atoms with E-state index in [2.05, 4.69) is 25.7 Å². The Kier molecular flexibility index (Phi) is 5.45.